The Morgan fingerprint density at radius 1 is 1.25 bits per heavy atom. The molecule has 0 aliphatic carbocycles. The second kappa shape index (κ2) is 6.13. The van der Waals surface area contributed by atoms with Crippen LogP contribution in [0.5, 0.6) is 0 Å². The highest BCUT2D eigenvalue weighted by molar-refractivity contribution is 5.32. The fourth-order valence-electron chi connectivity index (χ4n) is 2.08. The SMILES string of the molecule is Cc1cc(N)nc(CN(C)Cc2cccc(C#N)c2)n1. The molecule has 0 bridgehead atoms. The van der Waals surface area contributed by atoms with Crippen molar-refractivity contribution in [3.8, 4) is 6.07 Å². The summed E-state index contributed by atoms with van der Waals surface area (Å²) in [5.74, 6) is 1.20. The minimum Gasteiger partial charge on any atom is -0.384 e. The molecule has 1 heterocycles. The van der Waals surface area contributed by atoms with Gasteiger partial charge in [0.25, 0.3) is 0 Å². The van der Waals surface area contributed by atoms with Crippen LogP contribution in [-0.2, 0) is 13.1 Å². The number of nitrogens with zero attached hydrogens (tertiary/aromatic N) is 4. The summed E-state index contributed by atoms with van der Waals surface area (Å²) in [4.78, 5) is 10.7. The molecule has 102 valence electrons. The van der Waals surface area contributed by atoms with Gasteiger partial charge in [-0.25, -0.2) is 9.97 Å². The number of nitriles is 1. The van der Waals surface area contributed by atoms with Gasteiger partial charge in [0, 0.05) is 18.3 Å². The highest BCUT2D eigenvalue weighted by Crippen LogP contribution is 2.09. The Morgan fingerprint density at radius 2 is 2.05 bits per heavy atom. The molecule has 2 N–H and O–H groups in total. The summed E-state index contributed by atoms with van der Waals surface area (Å²) < 4.78 is 0. The number of anilines is 1. The van der Waals surface area contributed by atoms with Gasteiger partial charge in [-0.05, 0) is 31.7 Å². The molecule has 0 aliphatic heterocycles. The maximum atomic E-state index is 8.89. The first kappa shape index (κ1) is 14.0. The average Bonchev–Trinajstić information content (AvgIpc) is 2.37. The molecule has 0 saturated heterocycles. The van der Waals surface area contributed by atoms with Crippen LogP contribution < -0.4 is 5.73 Å². The van der Waals surface area contributed by atoms with Crippen LogP contribution in [0.1, 0.15) is 22.6 Å². The van der Waals surface area contributed by atoms with Crippen LogP contribution in [0.2, 0.25) is 0 Å². The molecule has 5 nitrogen and oxygen atoms in total. The van der Waals surface area contributed by atoms with Crippen molar-refractivity contribution in [1.29, 1.82) is 5.26 Å². The van der Waals surface area contributed by atoms with Gasteiger partial charge in [0.05, 0.1) is 18.2 Å². The molecule has 1 aromatic carbocycles. The molecule has 0 atom stereocenters. The third kappa shape index (κ3) is 3.77. The fraction of sp³-hybridized carbons (Fsp3) is 0.267. The molecule has 0 unspecified atom stereocenters. The lowest BCUT2D eigenvalue weighted by molar-refractivity contribution is 0.310. The number of benzene rings is 1. The standard InChI is InChI=1S/C15H17N5/c1-11-6-14(17)19-15(18-11)10-20(2)9-13-5-3-4-12(7-13)8-16/h3-7H,9-10H2,1-2H3,(H2,17,18,19). The van der Waals surface area contributed by atoms with Gasteiger partial charge >= 0.3 is 0 Å². The maximum absolute atomic E-state index is 8.89. The zero-order chi connectivity index (χ0) is 14.5. The summed E-state index contributed by atoms with van der Waals surface area (Å²) >= 11 is 0. The topological polar surface area (TPSA) is 78.8 Å². The van der Waals surface area contributed by atoms with E-state index in [1.807, 2.05) is 32.2 Å². The lowest BCUT2D eigenvalue weighted by Crippen LogP contribution is -2.19. The quantitative estimate of drug-likeness (QED) is 0.914. The third-order valence-electron chi connectivity index (χ3n) is 2.84. The molecule has 0 amide bonds. The smallest absolute Gasteiger partial charge is 0.144 e. The van der Waals surface area contributed by atoms with Crippen molar-refractivity contribution in [3.05, 3.63) is 53.0 Å². The van der Waals surface area contributed by atoms with Gasteiger partial charge in [-0.3, -0.25) is 4.90 Å². The summed E-state index contributed by atoms with van der Waals surface area (Å²) in [5, 5.41) is 8.89. The molecule has 20 heavy (non-hydrogen) atoms. The van der Waals surface area contributed by atoms with Gasteiger partial charge in [0.1, 0.15) is 11.6 Å². The monoisotopic (exact) mass is 267 g/mol. The van der Waals surface area contributed by atoms with Crippen LogP contribution in [0, 0.1) is 18.3 Å². The summed E-state index contributed by atoms with van der Waals surface area (Å²) in [6.45, 7) is 3.24. The molecular formula is C15H17N5. The van der Waals surface area contributed by atoms with E-state index in [9.17, 15) is 0 Å². The van der Waals surface area contributed by atoms with Crippen LogP contribution in [0.4, 0.5) is 5.82 Å². The van der Waals surface area contributed by atoms with Crippen molar-refractivity contribution < 1.29 is 0 Å². The first-order valence-corrected chi connectivity index (χ1v) is 6.34. The Hall–Kier alpha value is -2.45. The van der Waals surface area contributed by atoms with Crippen LogP contribution in [-0.4, -0.2) is 21.9 Å². The van der Waals surface area contributed by atoms with E-state index < -0.39 is 0 Å². The Bertz CT molecular complexity index is 625. The van der Waals surface area contributed by atoms with Crippen molar-refractivity contribution in [3.63, 3.8) is 0 Å². The number of nitrogens with two attached hydrogens (primary N) is 1. The van der Waals surface area contributed by atoms with Crippen LogP contribution in [0.15, 0.2) is 30.3 Å². The molecular weight excluding hydrogens is 250 g/mol. The molecule has 0 radical (unpaired) electrons. The molecule has 2 aromatic rings. The zero-order valence-corrected chi connectivity index (χ0v) is 11.7. The van der Waals surface area contributed by atoms with Gasteiger partial charge < -0.3 is 5.73 Å². The largest absolute Gasteiger partial charge is 0.384 e. The maximum Gasteiger partial charge on any atom is 0.144 e. The number of rotatable bonds is 4. The number of hydrogen-bond acceptors (Lipinski definition) is 5. The zero-order valence-electron chi connectivity index (χ0n) is 11.7. The minimum atomic E-state index is 0.493. The average molecular weight is 267 g/mol. The molecule has 2 rings (SSSR count). The predicted octanol–water partition coefficient (Wildman–Crippen LogP) is 1.87. The van der Waals surface area contributed by atoms with E-state index in [1.165, 1.54) is 0 Å². The summed E-state index contributed by atoms with van der Waals surface area (Å²) in [6.07, 6.45) is 0. The number of aryl methyl sites for hydroxylation is 1. The number of hydrogen-bond donors (Lipinski definition) is 1. The molecule has 1 aromatic heterocycles. The first-order valence-electron chi connectivity index (χ1n) is 6.34. The predicted molar refractivity (Wildman–Crippen MR) is 77.5 cm³/mol. The Labute approximate surface area is 118 Å². The minimum absolute atomic E-state index is 0.493. The van der Waals surface area contributed by atoms with E-state index in [0.717, 1.165) is 17.8 Å². The normalized spacial score (nSPS) is 10.5. The Kier molecular flexibility index (Phi) is 4.28. The van der Waals surface area contributed by atoms with E-state index >= 15 is 0 Å². The lowest BCUT2D eigenvalue weighted by Gasteiger charge is -2.16. The van der Waals surface area contributed by atoms with Crippen LogP contribution >= 0.6 is 0 Å². The highest BCUT2D eigenvalue weighted by Gasteiger charge is 2.06. The van der Waals surface area contributed by atoms with Crippen LogP contribution in [0.3, 0.4) is 0 Å². The molecule has 0 aliphatic rings. The van der Waals surface area contributed by atoms with Gasteiger partial charge in [0.15, 0.2) is 0 Å². The second-order valence-electron chi connectivity index (χ2n) is 4.83. The molecule has 0 fully saturated rings. The molecule has 0 spiro atoms. The van der Waals surface area contributed by atoms with Gasteiger partial charge in [-0.1, -0.05) is 12.1 Å². The Morgan fingerprint density at radius 3 is 2.75 bits per heavy atom. The highest BCUT2D eigenvalue weighted by atomic mass is 15.1. The summed E-state index contributed by atoms with van der Waals surface area (Å²) in [6, 6.07) is 11.5. The van der Waals surface area contributed by atoms with Crippen molar-refractivity contribution in [2.45, 2.75) is 20.0 Å². The van der Waals surface area contributed by atoms with E-state index in [4.69, 9.17) is 11.0 Å². The van der Waals surface area contributed by atoms with Crippen molar-refractivity contribution in [2.24, 2.45) is 0 Å². The van der Waals surface area contributed by atoms with Gasteiger partial charge in [0.2, 0.25) is 0 Å². The van der Waals surface area contributed by atoms with Gasteiger partial charge in [-0.15, -0.1) is 0 Å². The van der Waals surface area contributed by atoms with E-state index in [-0.39, 0.29) is 0 Å². The van der Waals surface area contributed by atoms with E-state index in [2.05, 4.69) is 20.9 Å². The van der Waals surface area contributed by atoms with Crippen LogP contribution in [0.25, 0.3) is 0 Å². The van der Waals surface area contributed by atoms with E-state index in [1.54, 1.807) is 12.1 Å². The Balaban J connectivity index is 2.05. The summed E-state index contributed by atoms with van der Waals surface area (Å²) in [7, 11) is 1.99. The number of aromatic nitrogens is 2. The van der Waals surface area contributed by atoms with Gasteiger partial charge in [-0.2, -0.15) is 5.26 Å². The molecule has 5 heteroatoms. The molecule has 0 saturated carbocycles. The fourth-order valence-corrected chi connectivity index (χ4v) is 2.08. The first-order chi connectivity index (χ1) is 9.56. The van der Waals surface area contributed by atoms with E-state index in [0.29, 0.717) is 23.8 Å². The summed E-state index contributed by atoms with van der Waals surface area (Å²) in [5.41, 5.74) is 8.35. The lowest BCUT2D eigenvalue weighted by atomic mass is 10.1. The number of nitrogen functional groups attached to an aromatic ring is 1. The van der Waals surface area contributed by atoms with Crippen molar-refractivity contribution in [2.75, 3.05) is 12.8 Å². The van der Waals surface area contributed by atoms with Crippen molar-refractivity contribution in [1.82, 2.24) is 14.9 Å². The van der Waals surface area contributed by atoms with Crippen molar-refractivity contribution >= 4 is 5.82 Å². The second-order valence-corrected chi connectivity index (χ2v) is 4.83. The third-order valence-corrected chi connectivity index (χ3v) is 2.84.